The summed E-state index contributed by atoms with van der Waals surface area (Å²) >= 11 is 0. The molecule has 1 fully saturated rings. The zero-order valence-corrected chi connectivity index (χ0v) is 12.9. The minimum Gasteiger partial charge on any atom is -0.370 e. The summed E-state index contributed by atoms with van der Waals surface area (Å²) in [6.45, 7) is 7.45. The van der Waals surface area contributed by atoms with Gasteiger partial charge in [-0.05, 0) is 29.9 Å². The topological polar surface area (TPSA) is 50.4 Å². The van der Waals surface area contributed by atoms with E-state index in [1.807, 2.05) is 0 Å². The Morgan fingerprint density at radius 3 is 2.65 bits per heavy atom. The molecule has 3 heteroatoms. The number of rotatable bonds is 6. The second-order valence-electron chi connectivity index (χ2n) is 6.03. The molecule has 3 N–H and O–H groups in total. The second-order valence-corrected chi connectivity index (χ2v) is 6.03. The van der Waals surface area contributed by atoms with Crippen molar-refractivity contribution < 1.29 is 0 Å². The number of benzene rings is 1. The Morgan fingerprint density at radius 1 is 1.35 bits per heavy atom. The van der Waals surface area contributed by atoms with Crippen LogP contribution in [0.5, 0.6) is 0 Å². The van der Waals surface area contributed by atoms with Crippen molar-refractivity contribution in [1.82, 2.24) is 5.32 Å². The van der Waals surface area contributed by atoms with Crippen molar-refractivity contribution in [3.63, 3.8) is 0 Å². The third-order valence-electron chi connectivity index (χ3n) is 3.95. The molecule has 0 radical (unpaired) electrons. The second kappa shape index (κ2) is 6.78. The summed E-state index contributed by atoms with van der Waals surface area (Å²) < 4.78 is 0. The lowest BCUT2D eigenvalue weighted by molar-refractivity contribution is 0.789. The monoisotopic (exact) mass is 273 g/mol. The van der Waals surface area contributed by atoms with E-state index >= 15 is 0 Å². The van der Waals surface area contributed by atoms with Crippen LogP contribution in [-0.4, -0.2) is 18.5 Å². The van der Waals surface area contributed by atoms with Crippen molar-refractivity contribution in [2.45, 2.75) is 57.9 Å². The van der Waals surface area contributed by atoms with Crippen LogP contribution in [0.15, 0.2) is 29.3 Å². The Hall–Kier alpha value is -1.51. The van der Waals surface area contributed by atoms with E-state index in [0.29, 0.717) is 23.8 Å². The Balaban J connectivity index is 1.83. The van der Waals surface area contributed by atoms with Gasteiger partial charge in [0.1, 0.15) is 0 Å². The zero-order valence-electron chi connectivity index (χ0n) is 12.9. The molecule has 0 aromatic heterocycles. The zero-order chi connectivity index (χ0) is 14.5. The molecule has 2 unspecified atom stereocenters. The highest BCUT2D eigenvalue weighted by Crippen LogP contribution is 2.40. The number of nitrogens with one attached hydrogen (secondary N) is 1. The molecule has 1 aromatic rings. The molecule has 0 spiro atoms. The molecule has 0 amide bonds. The first-order chi connectivity index (χ1) is 9.61. The van der Waals surface area contributed by atoms with Gasteiger partial charge in [-0.2, -0.15) is 0 Å². The number of nitrogens with two attached hydrogens (primary N) is 1. The molecular weight excluding hydrogens is 246 g/mol. The number of guanidine groups is 1. The first-order valence-corrected chi connectivity index (χ1v) is 7.78. The summed E-state index contributed by atoms with van der Waals surface area (Å²) in [5.41, 5.74) is 8.71. The molecule has 0 heterocycles. The van der Waals surface area contributed by atoms with Crippen LogP contribution >= 0.6 is 0 Å². The van der Waals surface area contributed by atoms with Crippen molar-refractivity contribution >= 4 is 5.96 Å². The third kappa shape index (κ3) is 3.99. The molecule has 2 rings (SSSR count). The van der Waals surface area contributed by atoms with Gasteiger partial charge in [-0.25, -0.2) is 0 Å². The lowest BCUT2D eigenvalue weighted by atomic mass is 10.0. The van der Waals surface area contributed by atoms with Crippen molar-refractivity contribution in [2.24, 2.45) is 10.7 Å². The van der Waals surface area contributed by atoms with Gasteiger partial charge in [-0.1, -0.05) is 51.5 Å². The van der Waals surface area contributed by atoms with Crippen LogP contribution in [0, 0.1) is 0 Å². The first kappa shape index (κ1) is 14.9. The largest absolute Gasteiger partial charge is 0.370 e. The van der Waals surface area contributed by atoms with E-state index in [1.54, 1.807) is 0 Å². The van der Waals surface area contributed by atoms with E-state index in [-0.39, 0.29) is 0 Å². The van der Waals surface area contributed by atoms with E-state index < -0.39 is 0 Å². The minimum atomic E-state index is 0.463. The normalized spacial score (nSPS) is 22.1. The molecule has 2 atom stereocenters. The van der Waals surface area contributed by atoms with Crippen LogP contribution in [0.4, 0.5) is 0 Å². The van der Waals surface area contributed by atoms with Crippen LogP contribution in [0.1, 0.15) is 63.0 Å². The summed E-state index contributed by atoms with van der Waals surface area (Å²) in [4.78, 5) is 4.34. The molecular formula is C17H27N3. The van der Waals surface area contributed by atoms with Gasteiger partial charge in [0, 0.05) is 18.5 Å². The van der Waals surface area contributed by atoms with Crippen LogP contribution in [0.25, 0.3) is 0 Å². The number of hydrogen-bond acceptors (Lipinski definition) is 1. The maximum absolute atomic E-state index is 5.90. The number of hydrogen-bond donors (Lipinski definition) is 2. The Kier molecular flexibility index (Phi) is 5.05. The predicted molar refractivity (Wildman–Crippen MR) is 86.2 cm³/mol. The summed E-state index contributed by atoms with van der Waals surface area (Å²) in [5.74, 6) is 1.79. The van der Waals surface area contributed by atoms with Crippen LogP contribution in [-0.2, 0) is 0 Å². The lowest BCUT2D eigenvalue weighted by Crippen LogP contribution is -2.34. The van der Waals surface area contributed by atoms with Gasteiger partial charge in [-0.3, -0.25) is 4.99 Å². The van der Waals surface area contributed by atoms with Gasteiger partial charge in [-0.15, -0.1) is 0 Å². The molecule has 1 saturated carbocycles. The lowest BCUT2D eigenvalue weighted by Gasteiger charge is -2.08. The van der Waals surface area contributed by atoms with Gasteiger partial charge in [0.2, 0.25) is 0 Å². The van der Waals surface area contributed by atoms with Gasteiger partial charge in [0.25, 0.3) is 0 Å². The average Bonchev–Trinajstić information content (AvgIpc) is 3.18. The average molecular weight is 273 g/mol. The quantitative estimate of drug-likeness (QED) is 0.474. The summed E-state index contributed by atoms with van der Waals surface area (Å²) in [7, 11) is 0. The SMILES string of the molecule is CCCCN=C(N)NC1CC1c1ccc(C(C)C)cc1. The molecule has 20 heavy (non-hydrogen) atoms. The van der Waals surface area contributed by atoms with E-state index in [4.69, 9.17) is 5.73 Å². The van der Waals surface area contributed by atoms with Gasteiger partial charge in [0.05, 0.1) is 0 Å². The minimum absolute atomic E-state index is 0.463. The Bertz CT molecular complexity index is 448. The molecule has 1 aromatic carbocycles. The molecule has 3 nitrogen and oxygen atoms in total. The fourth-order valence-electron chi connectivity index (χ4n) is 2.44. The highest BCUT2D eigenvalue weighted by molar-refractivity contribution is 5.78. The Labute approximate surface area is 122 Å². The predicted octanol–water partition coefficient (Wildman–Crippen LogP) is 3.37. The van der Waals surface area contributed by atoms with Crippen molar-refractivity contribution in [3.05, 3.63) is 35.4 Å². The molecule has 0 bridgehead atoms. The molecule has 1 aliphatic carbocycles. The summed E-state index contributed by atoms with van der Waals surface area (Å²) in [6.07, 6.45) is 3.42. The standard InChI is InChI=1S/C17H27N3/c1-4-5-10-19-17(18)20-16-11-15(16)14-8-6-13(7-9-14)12(2)3/h6-9,12,15-16H,4-5,10-11H2,1-3H3,(H3,18,19,20). The fraction of sp³-hybridized carbons (Fsp3) is 0.588. The highest BCUT2D eigenvalue weighted by atomic mass is 15.1. The summed E-state index contributed by atoms with van der Waals surface area (Å²) in [5, 5.41) is 3.33. The van der Waals surface area contributed by atoms with E-state index in [1.165, 1.54) is 11.1 Å². The highest BCUT2D eigenvalue weighted by Gasteiger charge is 2.38. The van der Waals surface area contributed by atoms with E-state index in [9.17, 15) is 0 Å². The third-order valence-corrected chi connectivity index (χ3v) is 3.95. The van der Waals surface area contributed by atoms with E-state index in [0.717, 1.165) is 25.8 Å². The molecule has 0 saturated heterocycles. The Morgan fingerprint density at radius 2 is 2.05 bits per heavy atom. The fourth-order valence-corrected chi connectivity index (χ4v) is 2.44. The molecule has 110 valence electrons. The van der Waals surface area contributed by atoms with Gasteiger partial charge in [0.15, 0.2) is 5.96 Å². The van der Waals surface area contributed by atoms with Crippen LogP contribution in [0.3, 0.4) is 0 Å². The number of unbranched alkanes of at least 4 members (excludes halogenated alkanes) is 1. The van der Waals surface area contributed by atoms with Gasteiger partial charge >= 0.3 is 0 Å². The smallest absolute Gasteiger partial charge is 0.188 e. The van der Waals surface area contributed by atoms with E-state index in [2.05, 4.69) is 55.3 Å². The van der Waals surface area contributed by atoms with Crippen molar-refractivity contribution in [3.8, 4) is 0 Å². The van der Waals surface area contributed by atoms with Gasteiger partial charge < -0.3 is 11.1 Å². The first-order valence-electron chi connectivity index (χ1n) is 7.78. The maximum Gasteiger partial charge on any atom is 0.188 e. The maximum atomic E-state index is 5.90. The van der Waals surface area contributed by atoms with Crippen molar-refractivity contribution in [2.75, 3.05) is 6.54 Å². The molecule has 0 aliphatic heterocycles. The van der Waals surface area contributed by atoms with Crippen LogP contribution < -0.4 is 11.1 Å². The number of aliphatic imine (C=N–C) groups is 1. The number of nitrogens with zero attached hydrogens (tertiary/aromatic N) is 1. The van der Waals surface area contributed by atoms with Crippen molar-refractivity contribution in [1.29, 1.82) is 0 Å². The molecule has 1 aliphatic rings. The summed E-state index contributed by atoms with van der Waals surface area (Å²) in [6, 6.07) is 9.46. The van der Waals surface area contributed by atoms with Crippen LogP contribution in [0.2, 0.25) is 0 Å².